The third kappa shape index (κ3) is 3.72. The largest absolute Gasteiger partial charge is 0.427 e. The fraction of sp³-hybridized carbons (Fsp3) is 0.417. The van der Waals surface area contributed by atoms with Crippen LogP contribution in [0.4, 0.5) is 0 Å². The number of rotatable bonds is 4. The maximum atomic E-state index is 10.7. The van der Waals surface area contributed by atoms with E-state index in [-0.39, 0.29) is 12.0 Å². The lowest BCUT2D eigenvalue weighted by Crippen LogP contribution is -2.09. The second-order valence-electron chi connectivity index (χ2n) is 3.56. The molecule has 0 saturated heterocycles. The van der Waals surface area contributed by atoms with E-state index in [1.165, 1.54) is 6.92 Å². The van der Waals surface area contributed by atoms with Crippen LogP contribution in [0, 0.1) is 0 Å². The maximum Gasteiger partial charge on any atom is 0.308 e. The first-order valence-electron chi connectivity index (χ1n) is 5.17. The van der Waals surface area contributed by atoms with Crippen LogP contribution in [-0.2, 0) is 4.79 Å². The molecule has 0 heterocycles. The third-order valence-electron chi connectivity index (χ3n) is 2.17. The molecule has 0 aliphatic rings. The van der Waals surface area contributed by atoms with Crippen LogP contribution in [0.2, 0.25) is 0 Å². The minimum atomic E-state index is -0.305. The van der Waals surface area contributed by atoms with E-state index in [4.69, 9.17) is 10.5 Å². The molecule has 0 aliphatic carbocycles. The number of carbonyl (C=O) groups excluding carboxylic acids is 1. The highest BCUT2D eigenvalue weighted by Crippen LogP contribution is 2.19. The topological polar surface area (TPSA) is 52.3 Å². The van der Waals surface area contributed by atoms with Gasteiger partial charge in [0.1, 0.15) is 5.75 Å². The summed E-state index contributed by atoms with van der Waals surface area (Å²) in [7, 11) is 0. The summed E-state index contributed by atoms with van der Waals surface area (Å²) in [5.74, 6) is 0.260. The van der Waals surface area contributed by atoms with Gasteiger partial charge in [-0.15, -0.1) is 0 Å². The zero-order valence-corrected chi connectivity index (χ0v) is 9.19. The van der Waals surface area contributed by atoms with E-state index in [1.807, 2.05) is 12.1 Å². The normalized spacial score (nSPS) is 12.2. The van der Waals surface area contributed by atoms with Crippen LogP contribution in [0.1, 0.15) is 38.3 Å². The van der Waals surface area contributed by atoms with Gasteiger partial charge in [-0.05, 0) is 24.1 Å². The number of ether oxygens (including phenoxy) is 1. The number of nitrogens with two attached hydrogens (primary N) is 1. The molecule has 0 aliphatic heterocycles. The molecule has 3 heteroatoms. The Hall–Kier alpha value is -1.35. The first kappa shape index (κ1) is 11.7. The van der Waals surface area contributed by atoms with E-state index in [0.717, 1.165) is 18.4 Å². The molecule has 0 bridgehead atoms. The molecule has 0 aromatic heterocycles. The summed E-state index contributed by atoms with van der Waals surface area (Å²) >= 11 is 0. The maximum absolute atomic E-state index is 10.7. The van der Waals surface area contributed by atoms with Crippen molar-refractivity contribution in [2.45, 2.75) is 32.7 Å². The van der Waals surface area contributed by atoms with Crippen molar-refractivity contribution in [2.75, 3.05) is 0 Å². The van der Waals surface area contributed by atoms with Crippen molar-refractivity contribution < 1.29 is 9.53 Å². The summed E-state index contributed by atoms with van der Waals surface area (Å²) in [4.78, 5) is 10.7. The molecule has 1 rings (SSSR count). The average Bonchev–Trinajstić information content (AvgIpc) is 2.18. The summed E-state index contributed by atoms with van der Waals surface area (Å²) < 4.78 is 4.93. The Kier molecular flexibility index (Phi) is 4.31. The highest BCUT2D eigenvalue weighted by molar-refractivity contribution is 5.69. The molecule has 1 aromatic carbocycles. The number of hydrogen-bond donors (Lipinski definition) is 1. The summed E-state index contributed by atoms with van der Waals surface area (Å²) in [6.07, 6.45) is 2.03. The Balaban J connectivity index is 2.67. The lowest BCUT2D eigenvalue weighted by atomic mass is 10.0. The highest BCUT2D eigenvalue weighted by Gasteiger charge is 2.05. The minimum absolute atomic E-state index is 0.0707. The Morgan fingerprint density at radius 2 is 2.00 bits per heavy atom. The first-order chi connectivity index (χ1) is 7.13. The Labute approximate surface area is 90.2 Å². The zero-order valence-electron chi connectivity index (χ0n) is 9.19. The minimum Gasteiger partial charge on any atom is -0.427 e. The van der Waals surface area contributed by atoms with Crippen LogP contribution in [0.3, 0.4) is 0 Å². The monoisotopic (exact) mass is 207 g/mol. The van der Waals surface area contributed by atoms with Crippen LogP contribution >= 0.6 is 0 Å². The number of benzene rings is 1. The molecule has 2 N–H and O–H groups in total. The molecule has 0 fully saturated rings. The molecule has 1 aromatic rings. The molecule has 15 heavy (non-hydrogen) atoms. The predicted molar refractivity (Wildman–Crippen MR) is 59.6 cm³/mol. The van der Waals surface area contributed by atoms with Gasteiger partial charge in [-0.25, -0.2) is 0 Å². The van der Waals surface area contributed by atoms with Crippen molar-refractivity contribution in [3.05, 3.63) is 29.8 Å². The standard InChI is InChI=1S/C12H17NO2/c1-3-4-12(13)10-5-7-11(8-6-10)15-9(2)14/h5-8,12H,3-4,13H2,1-2H3/t12-/m0/s1. The SMILES string of the molecule is CCC[C@H](N)c1ccc(OC(C)=O)cc1. The van der Waals surface area contributed by atoms with Gasteiger partial charge in [0.05, 0.1) is 0 Å². The molecule has 0 amide bonds. The van der Waals surface area contributed by atoms with Crippen LogP contribution in [0.25, 0.3) is 0 Å². The van der Waals surface area contributed by atoms with Gasteiger partial charge in [0, 0.05) is 13.0 Å². The van der Waals surface area contributed by atoms with Crippen LogP contribution in [-0.4, -0.2) is 5.97 Å². The molecule has 0 unspecified atom stereocenters. The predicted octanol–water partition coefficient (Wildman–Crippen LogP) is 2.41. The van der Waals surface area contributed by atoms with Crippen LogP contribution < -0.4 is 10.5 Å². The van der Waals surface area contributed by atoms with E-state index in [0.29, 0.717) is 5.75 Å². The van der Waals surface area contributed by atoms with Crippen molar-refractivity contribution in [3.8, 4) is 5.75 Å². The molecule has 0 spiro atoms. The van der Waals surface area contributed by atoms with Gasteiger partial charge < -0.3 is 10.5 Å². The summed E-state index contributed by atoms with van der Waals surface area (Å²) in [5.41, 5.74) is 7.03. The van der Waals surface area contributed by atoms with E-state index >= 15 is 0 Å². The number of esters is 1. The summed E-state index contributed by atoms with van der Waals surface area (Å²) in [5, 5.41) is 0. The zero-order chi connectivity index (χ0) is 11.3. The van der Waals surface area contributed by atoms with E-state index < -0.39 is 0 Å². The fourth-order valence-corrected chi connectivity index (χ4v) is 1.43. The van der Waals surface area contributed by atoms with E-state index in [2.05, 4.69) is 6.92 Å². The van der Waals surface area contributed by atoms with Gasteiger partial charge in [0.25, 0.3) is 0 Å². The number of carbonyl (C=O) groups is 1. The summed E-state index contributed by atoms with van der Waals surface area (Å²) in [6.45, 7) is 3.49. The quantitative estimate of drug-likeness (QED) is 0.609. The molecular formula is C12H17NO2. The van der Waals surface area contributed by atoms with E-state index in [1.54, 1.807) is 12.1 Å². The Bertz CT molecular complexity index is 319. The third-order valence-corrected chi connectivity index (χ3v) is 2.17. The van der Waals surface area contributed by atoms with Crippen molar-refractivity contribution in [1.29, 1.82) is 0 Å². The van der Waals surface area contributed by atoms with Gasteiger partial charge in [-0.1, -0.05) is 25.5 Å². The molecule has 0 radical (unpaired) electrons. The van der Waals surface area contributed by atoms with Gasteiger partial charge in [-0.3, -0.25) is 4.79 Å². The molecule has 1 atom stereocenters. The fourth-order valence-electron chi connectivity index (χ4n) is 1.43. The van der Waals surface area contributed by atoms with Gasteiger partial charge in [-0.2, -0.15) is 0 Å². The Morgan fingerprint density at radius 1 is 1.40 bits per heavy atom. The molecule has 82 valence electrons. The molecule has 0 saturated carbocycles. The molecule has 3 nitrogen and oxygen atoms in total. The van der Waals surface area contributed by atoms with E-state index in [9.17, 15) is 4.79 Å². The van der Waals surface area contributed by atoms with Gasteiger partial charge >= 0.3 is 5.97 Å². The average molecular weight is 207 g/mol. The molecular weight excluding hydrogens is 190 g/mol. The first-order valence-corrected chi connectivity index (χ1v) is 5.17. The van der Waals surface area contributed by atoms with Crippen molar-refractivity contribution >= 4 is 5.97 Å². The second-order valence-corrected chi connectivity index (χ2v) is 3.56. The second kappa shape index (κ2) is 5.51. The van der Waals surface area contributed by atoms with Crippen molar-refractivity contribution in [1.82, 2.24) is 0 Å². The smallest absolute Gasteiger partial charge is 0.308 e. The number of hydrogen-bond acceptors (Lipinski definition) is 3. The van der Waals surface area contributed by atoms with Gasteiger partial charge in [0.15, 0.2) is 0 Å². The van der Waals surface area contributed by atoms with Crippen LogP contribution in [0.5, 0.6) is 5.75 Å². The van der Waals surface area contributed by atoms with Crippen LogP contribution in [0.15, 0.2) is 24.3 Å². The lowest BCUT2D eigenvalue weighted by Gasteiger charge is -2.10. The van der Waals surface area contributed by atoms with Gasteiger partial charge in [0.2, 0.25) is 0 Å². The lowest BCUT2D eigenvalue weighted by molar-refractivity contribution is -0.131. The summed E-state index contributed by atoms with van der Waals surface area (Å²) in [6, 6.07) is 7.41. The Morgan fingerprint density at radius 3 is 2.47 bits per heavy atom. The van der Waals surface area contributed by atoms with Crippen molar-refractivity contribution in [2.24, 2.45) is 5.73 Å². The highest BCUT2D eigenvalue weighted by atomic mass is 16.5. The van der Waals surface area contributed by atoms with Crippen molar-refractivity contribution in [3.63, 3.8) is 0 Å².